The molecule has 1 heterocycles. The summed E-state index contributed by atoms with van der Waals surface area (Å²) in [6.45, 7) is 13.6. The van der Waals surface area contributed by atoms with Gasteiger partial charge in [0.1, 0.15) is 0 Å². The lowest BCUT2D eigenvalue weighted by Crippen LogP contribution is -2.44. The van der Waals surface area contributed by atoms with Gasteiger partial charge in [0.15, 0.2) is 0 Å². The van der Waals surface area contributed by atoms with Crippen molar-refractivity contribution in [1.29, 1.82) is 0 Å². The van der Waals surface area contributed by atoms with Gasteiger partial charge < -0.3 is 10.2 Å². The minimum Gasteiger partial charge on any atom is -0.316 e. The molecule has 0 radical (unpaired) electrons. The van der Waals surface area contributed by atoms with E-state index in [2.05, 4.69) is 45.0 Å². The van der Waals surface area contributed by atoms with Crippen LogP contribution in [0.1, 0.15) is 59.8 Å². The first-order valence-corrected chi connectivity index (χ1v) is 8.83. The summed E-state index contributed by atoms with van der Waals surface area (Å²) in [7, 11) is 2.15. The Kier molecular flexibility index (Phi) is 5.53. The van der Waals surface area contributed by atoms with Crippen molar-refractivity contribution in [2.45, 2.75) is 65.8 Å². The summed E-state index contributed by atoms with van der Waals surface area (Å²) in [6, 6.07) is 0.701. The van der Waals surface area contributed by atoms with Gasteiger partial charge in [0.2, 0.25) is 0 Å². The largest absolute Gasteiger partial charge is 0.316 e. The minimum absolute atomic E-state index is 0.478. The molecule has 0 aromatic heterocycles. The molecule has 2 fully saturated rings. The van der Waals surface area contributed by atoms with Crippen molar-refractivity contribution in [2.24, 2.45) is 23.2 Å². The van der Waals surface area contributed by atoms with Crippen LogP contribution in [0.3, 0.4) is 0 Å². The van der Waals surface area contributed by atoms with Crippen molar-refractivity contribution in [3.8, 4) is 0 Å². The van der Waals surface area contributed by atoms with E-state index in [0.717, 1.165) is 17.8 Å². The number of nitrogens with zero attached hydrogens (tertiary/aromatic N) is 1. The number of hydrogen-bond acceptors (Lipinski definition) is 2. The molecule has 20 heavy (non-hydrogen) atoms. The Hall–Kier alpha value is -0.0800. The zero-order valence-electron chi connectivity index (χ0n) is 14.4. The van der Waals surface area contributed by atoms with Crippen LogP contribution >= 0.6 is 0 Å². The van der Waals surface area contributed by atoms with Crippen LogP contribution in [0.25, 0.3) is 0 Å². The molecule has 2 heteroatoms. The molecule has 1 N–H and O–H groups in total. The van der Waals surface area contributed by atoms with E-state index < -0.39 is 0 Å². The minimum atomic E-state index is 0.478. The van der Waals surface area contributed by atoms with Gasteiger partial charge in [-0.2, -0.15) is 0 Å². The predicted molar refractivity (Wildman–Crippen MR) is 88.0 cm³/mol. The lowest BCUT2D eigenvalue weighted by Gasteiger charge is -2.33. The van der Waals surface area contributed by atoms with Crippen LogP contribution < -0.4 is 5.32 Å². The summed E-state index contributed by atoms with van der Waals surface area (Å²) in [6.07, 6.45) is 7.05. The highest BCUT2D eigenvalue weighted by atomic mass is 15.1. The van der Waals surface area contributed by atoms with E-state index in [1.807, 2.05) is 0 Å². The molecular formula is C18H36N2. The Morgan fingerprint density at radius 3 is 2.55 bits per heavy atom. The van der Waals surface area contributed by atoms with Gasteiger partial charge in [-0.1, -0.05) is 27.7 Å². The van der Waals surface area contributed by atoms with Gasteiger partial charge in [0.05, 0.1) is 0 Å². The zero-order chi connectivity index (χ0) is 14.8. The number of likely N-dealkylation sites (tertiary alicyclic amines) is 1. The third-order valence-electron chi connectivity index (χ3n) is 6.08. The molecule has 0 aromatic rings. The van der Waals surface area contributed by atoms with Crippen LogP contribution in [0.5, 0.6) is 0 Å². The van der Waals surface area contributed by atoms with E-state index in [1.165, 1.54) is 51.7 Å². The van der Waals surface area contributed by atoms with Gasteiger partial charge in [0, 0.05) is 12.6 Å². The van der Waals surface area contributed by atoms with E-state index in [0.29, 0.717) is 11.5 Å². The summed E-state index contributed by atoms with van der Waals surface area (Å²) in [5.41, 5.74) is 0.478. The molecule has 1 aliphatic carbocycles. The molecule has 3 atom stereocenters. The first-order valence-electron chi connectivity index (χ1n) is 8.83. The average molecular weight is 280 g/mol. The van der Waals surface area contributed by atoms with E-state index in [-0.39, 0.29) is 0 Å². The van der Waals surface area contributed by atoms with E-state index in [9.17, 15) is 0 Å². The van der Waals surface area contributed by atoms with Crippen LogP contribution in [-0.2, 0) is 0 Å². The van der Waals surface area contributed by atoms with Gasteiger partial charge in [0.25, 0.3) is 0 Å². The second-order valence-corrected chi connectivity index (χ2v) is 8.29. The quantitative estimate of drug-likeness (QED) is 0.843. The second kappa shape index (κ2) is 6.79. The standard InChI is InChI=1S/C18H36N2/c1-14(2)15-7-6-11-20(12-9-15)13-16-8-10-18(3,4)17(16)19-5/h14-17,19H,6-13H2,1-5H3. The Bertz CT molecular complexity index is 298. The molecule has 1 aliphatic heterocycles. The van der Waals surface area contributed by atoms with E-state index in [4.69, 9.17) is 0 Å². The Morgan fingerprint density at radius 1 is 1.15 bits per heavy atom. The zero-order valence-corrected chi connectivity index (χ0v) is 14.4. The highest BCUT2D eigenvalue weighted by molar-refractivity contribution is 4.96. The molecular weight excluding hydrogens is 244 g/mol. The summed E-state index contributed by atoms with van der Waals surface area (Å²) >= 11 is 0. The Labute approximate surface area is 126 Å². The number of nitrogens with one attached hydrogen (secondary N) is 1. The van der Waals surface area contributed by atoms with Crippen LogP contribution in [0.4, 0.5) is 0 Å². The Morgan fingerprint density at radius 2 is 1.90 bits per heavy atom. The molecule has 1 saturated carbocycles. The smallest absolute Gasteiger partial charge is 0.0156 e. The van der Waals surface area contributed by atoms with Crippen molar-refractivity contribution in [1.82, 2.24) is 10.2 Å². The second-order valence-electron chi connectivity index (χ2n) is 8.29. The van der Waals surface area contributed by atoms with Crippen molar-refractivity contribution in [3.63, 3.8) is 0 Å². The molecule has 0 bridgehead atoms. The predicted octanol–water partition coefficient (Wildman–Crippen LogP) is 3.77. The fourth-order valence-corrected chi connectivity index (χ4v) is 4.70. The molecule has 2 nitrogen and oxygen atoms in total. The monoisotopic (exact) mass is 280 g/mol. The summed E-state index contributed by atoms with van der Waals surface area (Å²) in [5.74, 6) is 2.68. The van der Waals surface area contributed by atoms with Gasteiger partial charge in [-0.05, 0) is 75.4 Å². The van der Waals surface area contributed by atoms with Crippen molar-refractivity contribution in [3.05, 3.63) is 0 Å². The van der Waals surface area contributed by atoms with Crippen LogP contribution in [-0.4, -0.2) is 37.6 Å². The molecule has 0 amide bonds. The average Bonchev–Trinajstić information content (AvgIpc) is 2.55. The highest BCUT2D eigenvalue weighted by Crippen LogP contribution is 2.41. The van der Waals surface area contributed by atoms with Gasteiger partial charge in [-0.25, -0.2) is 0 Å². The first kappa shape index (κ1) is 16.3. The summed E-state index contributed by atoms with van der Waals surface area (Å²) in [5, 5.41) is 3.61. The van der Waals surface area contributed by atoms with Gasteiger partial charge in [-0.15, -0.1) is 0 Å². The fourth-order valence-electron chi connectivity index (χ4n) is 4.70. The van der Waals surface area contributed by atoms with Crippen LogP contribution in [0.2, 0.25) is 0 Å². The molecule has 2 aliphatic rings. The normalized spacial score (nSPS) is 35.4. The molecule has 2 rings (SSSR count). The van der Waals surface area contributed by atoms with Crippen molar-refractivity contribution < 1.29 is 0 Å². The van der Waals surface area contributed by atoms with Crippen molar-refractivity contribution >= 4 is 0 Å². The fraction of sp³-hybridized carbons (Fsp3) is 1.00. The third kappa shape index (κ3) is 3.76. The lowest BCUT2D eigenvalue weighted by molar-refractivity contribution is 0.190. The molecule has 3 unspecified atom stereocenters. The lowest BCUT2D eigenvalue weighted by atomic mass is 9.85. The van der Waals surface area contributed by atoms with Crippen molar-refractivity contribution in [2.75, 3.05) is 26.7 Å². The van der Waals surface area contributed by atoms with E-state index in [1.54, 1.807) is 0 Å². The maximum Gasteiger partial charge on any atom is 0.0156 e. The molecule has 1 saturated heterocycles. The summed E-state index contributed by atoms with van der Waals surface area (Å²) in [4.78, 5) is 2.76. The number of hydrogen-bond donors (Lipinski definition) is 1. The van der Waals surface area contributed by atoms with Gasteiger partial charge >= 0.3 is 0 Å². The maximum absolute atomic E-state index is 3.61. The van der Waals surface area contributed by atoms with Gasteiger partial charge in [-0.3, -0.25) is 0 Å². The highest BCUT2D eigenvalue weighted by Gasteiger charge is 2.41. The first-order chi connectivity index (χ1) is 9.44. The molecule has 118 valence electrons. The Balaban J connectivity index is 1.87. The molecule has 0 aromatic carbocycles. The topological polar surface area (TPSA) is 15.3 Å². The van der Waals surface area contributed by atoms with Crippen LogP contribution in [0.15, 0.2) is 0 Å². The summed E-state index contributed by atoms with van der Waals surface area (Å²) < 4.78 is 0. The maximum atomic E-state index is 3.61. The molecule has 0 spiro atoms. The third-order valence-corrected chi connectivity index (χ3v) is 6.08. The van der Waals surface area contributed by atoms with E-state index >= 15 is 0 Å². The SMILES string of the molecule is CNC1C(CN2CCCC(C(C)C)CC2)CCC1(C)C. The van der Waals surface area contributed by atoms with Crippen LogP contribution in [0, 0.1) is 23.2 Å². The number of rotatable bonds is 4.